The number of rotatable bonds is 2. The maximum absolute atomic E-state index is 13.3. The SMILES string of the molecule is N=C(NC(=N)NC1CC1)Nc1c(F)c(F)c(F)c(F)c1F. The molecule has 0 radical (unpaired) electrons. The minimum atomic E-state index is -2.28. The molecule has 1 fully saturated rings. The van der Waals surface area contributed by atoms with Crippen LogP contribution in [0.2, 0.25) is 0 Å². The highest BCUT2D eigenvalue weighted by atomic mass is 19.2. The van der Waals surface area contributed by atoms with Crippen LogP contribution in [0, 0.1) is 39.9 Å². The molecule has 0 spiro atoms. The van der Waals surface area contributed by atoms with Crippen molar-refractivity contribution in [2.24, 2.45) is 0 Å². The van der Waals surface area contributed by atoms with Gasteiger partial charge in [-0.05, 0) is 12.8 Å². The van der Waals surface area contributed by atoms with E-state index in [1.807, 2.05) is 0 Å². The molecule has 1 aromatic rings. The van der Waals surface area contributed by atoms with E-state index in [2.05, 4.69) is 10.6 Å². The molecule has 0 atom stereocenters. The fourth-order valence-corrected chi connectivity index (χ4v) is 1.46. The van der Waals surface area contributed by atoms with Crippen molar-refractivity contribution in [2.75, 3.05) is 5.32 Å². The first-order valence-corrected chi connectivity index (χ1v) is 5.80. The molecule has 21 heavy (non-hydrogen) atoms. The maximum atomic E-state index is 13.3. The number of hydrogen-bond donors (Lipinski definition) is 5. The highest BCUT2D eigenvalue weighted by Gasteiger charge is 2.27. The molecule has 0 bridgehead atoms. The van der Waals surface area contributed by atoms with Gasteiger partial charge in [0.2, 0.25) is 5.82 Å². The van der Waals surface area contributed by atoms with Gasteiger partial charge in [-0.1, -0.05) is 0 Å². The van der Waals surface area contributed by atoms with Gasteiger partial charge in [0.05, 0.1) is 0 Å². The zero-order valence-corrected chi connectivity index (χ0v) is 10.4. The van der Waals surface area contributed by atoms with Crippen LogP contribution in [0.3, 0.4) is 0 Å². The van der Waals surface area contributed by atoms with Crippen molar-refractivity contribution in [1.82, 2.24) is 10.6 Å². The molecule has 0 unspecified atom stereocenters. The second-order valence-electron chi connectivity index (χ2n) is 4.36. The van der Waals surface area contributed by atoms with Crippen LogP contribution >= 0.6 is 0 Å². The molecule has 5 N–H and O–H groups in total. The van der Waals surface area contributed by atoms with Crippen molar-refractivity contribution in [3.05, 3.63) is 29.1 Å². The van der Waals surface area contributed by atoms with Crippen LogP contribution in [0.5, 0.6) is 0 Å². The summed E-state index contributed by atoms with van der Waals surface area (Å²) in [7, 11) is 0. The van der Waals surface area contributed by atoms with Gasteiger partial charge in [-0.15, -0.1) is 0 Å². The molecule has 1 aromatic carbocycles. The molecule has 2 rings (SSSR count). The van der Waals surface area contributed by atoms with E-state index < -0.39 is 40.7 Å². The summed E-state index contributed by atoms with van der Waals surface area (Å²) in [5, 5.41) is 21.1. The van der Waals surface area contributed by atoms with Crippen LogP contribution in [-0.2, 0) is 0 Å². The predicted octanol–water partition coefficient (Wildman–Crippen LogP) is 2.01. The van der Waals surface area contributed by atoms with Crippen molar-refractivity contribution in [2.45, 2.75) is 18.9 Å². The summed E-state index contributed by atoms with van der Waals surface area (Å²) in [6.07, 6.45) is 1.70. The van der Waals surface area contributed by atoms with E-state index in [0.29, 0.717) is 0 Å². The van der Waals surface area contributed by atoms with Crippen molar-refractivity contribution in [1.29, 1.82) is 10.8 Å². The molecule has 0 aliphatic heterocycles. The summed E-state index contributed by atoms with van der Waals surface area (Å²) in [6.45, 7) is 0. The first-order valence-electron chi connectivity index (χ1n) is 5.80. The fourth-order valence-electron chi connectivity index (χ4n) is 1.46. The maximum Gasteiger partial charge on any atom is 0.200 e. The predicted molar refractivity (Wildman–Crippen MR) is 64.6 cm³/mol. The minimum absolute atomic E-state index is 0.0898. The third kappa shape index (κ3) is 3.20. The Morgan fingerprint density at radius 2 is 1.29 bits per heavy atom. The zero-order chi connectivity index (χ0) is 15.7. The summed E-state index contributed by atoms with van der Waals surface area (Å²) >= 11 is 0. The average molecular weight is 307 g/mol. The summed E-state index contributed by atoms with van der Waals surface area (Å²) in [5.74, 6) is -11.8. The number of benzene rings is 1. The molecule has 1 aliphatic carbocycles. The largest absolute Gasteiger partial charge is 0.353 e. The Balaban J connectivity index is 2.11. The van der Waals surface area contributed by atoms with Crippen LogP contribution < -0.4 is 16.0 Å². The smallest absolute Gasteiger partial charge is 0.200 e. The molecule has 0 aromatic heterocycles. The van der Waals surface area contributed by atoms with Gasteiger partial charge in [-0.25, -0.2) is 22.0 Å². The molecule has 0 amide bonds. The normalized spacial score (nSPS) is 13.8. The second kappa shape index (κ2) is 5.54. The van der Waals surface area contributed by atoms with Crippen molar-refractivity contribution >= 4 is 17.6 Å². The molecule has 5 nitrogen and oxygen atoms in total. The fraction of sp³-hybridized carbons (Fsp3) is 0.273. The van der Waals surface area contributed by atoms with Gasteiger partial charge in [-0.2, -0.15) is 0 Å². The summed E-state index contributed by atoms with van der Waals surface area (Å²) in [6, 6.07) is 0.0898. The lowest BCUT2D eigenvalue weighted by Gasteiger charge is -2.14. The summed E-state index contributed by atoms with van der Waals surface area (Å²) < 4.78 is 65.4. The molecule has 1 saturated carbocycles. The van der Waals surface area contributed by atoms with Gasteiger partial charge in [0, 0.05) is 6.04 Å². The Kier molecular flexibility index (Phi) is 3.96. The van der Waals surface area contributed by atoms with Crippen molar-refractivity contribution < 1.29 is 22.0 Å². The molecular weight excluding hydrogens is 297 g/mol. The second-order valence-corrected chi connectivity index (χ2v) is 4.36. The lowest BCUT2D eigenvalue weighted by Crippen LogP contribution is -2.43. The van der Waals surface area contributed by atoms with Crippen molar-refractivity contribution in [3.63, 3.8) is 0 Å². The van der Waals surface area contributed by atoms with Gasteiger partial charge in [0.1, 0.15) is 5.69 Å². The van der Waals surface area contributed by atoms with Crippen molar-refractivity contribution in [3.8, 4) is 0 Å². The lowest BCUT2D eigenvalue weighted by atomic mass is 10.2. The van der Waals surface area contributed by atoms with Gasteiger partial charge in [0.15, 0.2) is 35.2 Å². The Morgan fingerprint density at radius 3 is 1.76 bits per heavy atom. The van der Waals surface area contributed by atoms with E-state index in [4.69, 9.17) is 10.8 Å². The highest BCUT2D eigenvalue weighted by Crippen LogP contribution is 2.26. The number of hydrogen-bond acceptors (Lipinski definition) is 2. The number of guanidine groups is 2. The molecular formula is C11H10F5N5. The van der Waals surface area contributed by atoms with Crippen LogP contribution in [0.4, 0.5) is 27.6 Å². The van der Waals surface area contributed by atoms with E-state index in [1.54, 1.807) is 5.32 Å². The number of halogens is 5. The molecule has 1 aliphatic rings. The average Bonchev–Trinajstić information content (AvgIpc) is 3.22. The van der Waals surface area contributed by atoms with Gasteiger partial charge >= 0.3 is 0 Å². The number of nitrogens with one attached hydrogen (secondary N) is 5. The van der Waals surface area contributed by atoms with E-state index in [0.717, 1.165) is 12.8 Å². The Hall–Kier alpha value is -2.39. The quantitative estimate of drug-likeness (QED) is 0.190. The van der Waals surface area contributed by atoms with Gasteiger partial charge in [0.25, 0.3) is 0 Å². The minimum Gasteiger partial charge on any atom is -0.353 e. The first kappa shape index (κ1) is 15.0. The standard InChI is InChI=1S/C11H10F5N5/c12-4-5(13)7(15)9(8(16)6(4)14)20-11(18)21-10(17)19-3-1-2-3/h3H,1-2H2,(H5,17,18,19,20,21). The van der Waals surface area contributed by atoms with E-state index in [9.17, 15) is 22.0 Å². The van der Waals surface area contributed by atoms with Crippen LogP contribution in [0.15, 0.2) is 0 Å². The molecule has 0 saturated heterocycles. The Labute approximate surface area is 115 Å². The summed E-state index contributed by atoms with van der Waals surface area (Å²) in [4.78, 5) is 0. The topological polar surface area (TPSA) is 83.8 Å². The highest BCUT2D eigenvalue weighted by molar-refractivity contribution is 6.02. The van der Waals surface area contributed by atoms with E-state index in [-0.39, 0.29) is 12.0 Å². The molecule has 114 valence electrons. The van der Waals surface area contributed by atoms with Gasteiger partial charge in [-0.3, -0.25) is 16.1 Å². The Bertz CT molecular complexity index is 585. The first-order chi connectivity index (χ1) is 9.81. The van der Waals surface area contributed by atoms with E-state index in [1.165, 1.54) is 0 Å². The molecule has 0 heterocycles. The van der Waals surface area contributed by atoms with Crippen LogP contribution in [0.1, 0.15) is 12.8 Å². The third-order valence-electron chi connectivity index (χ3n) is 2.64. The monoisotopic (exact) mass is 307 g/mol. The van der Waals surface area contributed by atoms with Gasteiger partial charge < -0.3 is 10.6 Å². The van der Waals surface area contributed by atoms with Crippen LogP contribution in [0.25, 0.3) is 0 Å². The Morgan fingerprint density at radius 1 is 0.810 bits per heavy atom. The number of anilines is 1. The lowest BCUT2D eigenvalue weighted by molar-refractivity contribution is 0.382. The summed E-state index contributed by atoms with van der Waals surface area (Å²) in [5.41, 5.74) is -1.36. The molecule has 10 heteroatoms. The third-order valence-corrected chi connectivity index (χ3v) is 2.64. The van der Waals surface area contributed by atoms with Crippen LogP contribution in [-0.4, -0.2) is 18.0 Å². The van der Waals surface area contributed by atoms with E-state index >= 15 is 0 Å². The zero-order valence-electron chi connectivity index (χ0n) is 10.4.